The monoisotopic (exact) mass is 603 g/mol. The van der Waals surface area contributed by atoms with Crippen molar-refractivity contribution in [1.29, 1.82) is 5.41 Å². The predicted molar refractivity (Wildman–Crippen MR) is 163 cm³/mol. The number of hydrogen-bond acceptors (Lipinski definition) is 6. The number of amidine groups is 1. The molecule has 0 amide bonds. The van der Waals surface area contributed by atoms with Crippen LogP contribution in [0.3, 0.4) is 0 Å². The molecule has 4 aromatic rings. The molecule has 6 rings (SSSR count). The summed E-state index contributed by atoms with van der Waals surface area (Å²) in [6.07, 6.45) is 1.78. The van der Waals surface area contributed by atoms with E-state index in [4.69, 9.17) is 22.0 Å². The molecule has 11 heteroatoms. The van der Waals surface area contributed by atoms with E-state index in [1.165, 1.54) is 24.3 Å². The minimum atomic E-state index is -0.735. The highest BCUT2D eigenvalue weighted by atomic mass is 35.5. The lowest BCUT2D eigenvalue weighted by Gasteiger charge is -2.37. The SMILES string of the molecule is CC1CN(C(=N)Cc2ccc(Nc3ncc4c(n3)-c3ccc(Cl)cc3C(c3c(F)cccc3F)=NC4)cc2F)CC(C)N1. The summed E-state index contributed by atoms with van der Waals surface area (Å²) in [7, 11) is 0. The number of nitrogens with zero attached hydrogens (tertiary/aromatic N) is 4. The fraction of sp³-hybridized carbons (Fsp3) is 0.250. The lowest BCUT2D eigenvalue weighted by atomic mass is 9.95. The summed E-state index contributed by atoms with van der Waals surface area (Å²) in [5, 5.41) is 15.4. The fourth-order valence-electron chi connectivity index (χ4n) is 5.66. The Morgan fingerprint density at radius 2 is 1.74 bits per heavy atom. The Morgan fingerprint density at radius 3 is 2.47 bits per heavy atom. The molecule has 3 heterocycles. The Hall–Kier alpha value is -4.28. The quantitative estimate of drug-likeness (QED) is 0.179. The molecule has 0 aliphatic carbocycles. The molecule has 1 fully saturated rings. The van der Waals surface area contributed by atoms with E-state index in [0.29, 0.717) is 57.6 Å². The highest BCUT2D eigenvalue weighted by molar-refractivity contribution is 6.31. The molecule has 2 unspecified atom stereocenters. The van der Waals surface area contributed by atoms with Crippen LogP contribution in [0.5, 0.6) is 0 Å². The molecule has 0 bridgehead atoms. The Bertz CT molecular complexity index is 1730. The van der Waals surface area contributed by atoms with E-state index in [2.05, 4.69) is 34.5 Å². The average molecular weight is 604 g/mol. The molecule has 1 saturated heterocycles. The molecular formula is C32H29ClF3N7. The van der Waals surface area contributed by atoms with Crippen LogP contribution in [-0.4, -0.2) is 51.6 Å². The van der Waals surface area contributed by atoms with Crippen LogP contribution in [0, 0.1) is 22.9 Å². The van der Waals surface area contributed by atoms with Crippen LogP contribution in [0.2, 0.25) is 5.02 Å². The van der Waals surface area contributed by atoms with E-state index < -0.39 is 17.5 Å². The molecule has 0 radical (unpaired) electrons. The molecule has 3 N–H and O–H groups in total. The first-order chi connectivity index (χ1) is 20.7. The summed E-state index contributed by atoms with van der Waals surface area (Å²) >= 11 is 6.30. The Kier molecular flexibility index (Phi) is 7.89. The zero-order valence-electron chi connectivity index (χ0n) is 23.6. The molecule has 1 aromatic heterocycles. The first-order valence-corrected chi connectivity index (χ1v) is 14.3. The highest BCUT2D eigenvalue weighted by Gasteiger charge is 2.26. The summed E-state index contributed by atoms with van der Waals surface area (Å²) in [5.41, 5.74) is 2.94. The molecule has 7 nitrogen and oxygen atoms in total. The van der Waals surface area contributed by atoms with Gasteiger partial charge < -0.3 is 15.5 Å². The van der Waals surface area contributed by atoms with Gasteiger partial charge in [-0.2, -0.15) is 0 Å². The van der Waals surface area contributed by atoms with E-state index >= 15 is 4.39 Å². The largest absolute Gasteiger partial charge is 0.357 e. The van der Waals surface area contributed by atoms with Gasteiger partial charge in [-0.05, 0) is 55.8 Å². The topological polar surface area (TPSA) is 89.3 Å². The van der Waals surface area contributed by atoms with Crippen LogP contribution in [0.15, 0.2) is 65.8 Å². The number of fused-ring (bicyclic) bond motifs is 3. The molecule has 3 aromatic carbocycles. The normalized spacial score (nSPS) is 17.9. The van der Waals surface area contributed by atoms with Crippen LogP contribution in [0.1, 0.15) is 36.1 Å². The lowest BCUT2D eigenvalue weighted by molar-refractivity contribution is 0.251. The smallest absolute Gasteiger partial charge is 0.227 e. The molecule has 220 valence electrons. The molecular weight excluding hydrogens is 575 g/mol. The van der Waals surface area contributed by atoms with E-state index in [9.17, 15) is 8.78 Å². The summed E-state index contributed by atoms with van der Waals surface area (Å²) in [6.45, 7) is 5.65. The number of aromatic nitrogens is 2. The minimum Gasteiger partial charge on any atom is -0.357 e. The number of halogens is 4. The van der Waals surface area contributed by atoms with Crippen molar-refractivity contribution in [3.8, 4) is 11.3 Å². The molecule has 2 aliphatic rings. The van der Waals surface area contributed by atoms with Crippen molar-refractivity contribution in [1.82, 2.24) is 20.2 Å². The van der Waals surface area contributed by atoms with Gasteiger partial charge in [0.2, 0.25) is 5.95 Å². The number of piperazine rings is 1. The number of rotatable bonds is 5. The third-order valence-electron chi connectivity index (χ3n) is 7.57. The van der Waals surface area contributed by atoms with Gasteiger partial charge in [-0.3, -0.25) is 10.4 Å². The van der Waals surface area contributed by atoms with Gasteiger partial charge in [-0.1, -0.05) is 29.8 Å². The van der Waals surface area contributed by atoms with Crippen LogP contribution in [-0.2, 0) is 13.0 Å². The maximum atomic E-state index is 15.2. The zero-order valence-corrected chi connectivity index (χ0v) is 24.3. The lowest BCUT2D eigenvalue weighted by Crippen LogP contribution is -2.56. The number of anilines is 2. The maximum Gasteiger partial charge on any atom is 0.227 e. The average Bonchev–Trinajstić information content (AvgIpc) is 3.10. The zero-order chi connectivity index (χ0) is 30.2. The van der Waals surface area contributed by atoms with Crippen LogP contribution < -0.4 is 10.6 Å². The van der Waals surface area contributed by atoms with Gasteiger partial charge in [-0.25, -0.2) is 23.1 Å². The molecule has 2 atom stereocenters. The van der Waals surface area contributed by atoms with Gasteiger partial charge in [0.05, 0.1) is 23.5 Å². The molecule has 0 spiro atoms. The first-order valence-electron chi connectivity index (χ1n) is 13.9. The van der Waals surface area contributed by atoms with Gasteiger partial charge in [0.15, 0.2) is 0 Å². The standard InChI is InChI=1S/C32H29ClF3N7/c1-17-15-43(16-18(2)40-17)28(37)10-19-6-8-22(12-27(19)36)41-32-39-14-20-13-38-31(29-25(34)4-3-5-26(29)35)24-11-21(33)7-9-23(24)30(20)42-32/h3-9,11-12,14,17-18,37,40H,10,13,15-16H2,1-2H3,(H,39,41,42). The van der Waals surface area contributed by atoms with Crippen molar-refractivity contribution in [3.63, 3.8) is 0 Å². The van der Waals surface area contributed by atoms with Crippen molar-refractivity contribution < 1.29 is 13.2 Å². The second kappa shape index (κ2) is 11.8. The highest BCUT2D eigenvalue weighted by Crippen LogP contribution is 2.35. The van der Waals surface area contributed by atoms with E-state index in [1.54, 1.807) is 36.5 Å². The number of aliphatic imine (C=N–C) groups is 1. The fourth-order valence-corrected chi connectivity index (χ4v) is 5.83. The summed E-state index contributed by atoms with van der Waals surface area (Å²) < 4.78 is 44.8. The maximum absolute atomic E-state index is 15.2. The van der Waals surface area contributed by atoms with E-state index in [-0.39, 0.29) is 42.3 Å². The molecule has 0 saturated carbocycles. The van der Waals surface area contributed by atoms with E-state index in [0.717, 1.165) is 0 Å². The van der Waals surface area contributed by atoms with Crippen LogP contribution >= 0.6 is 11.6 Å². The van der Waals surface area contributed by atoms with Crippen LogP contribution in [0.25, 0.3) is 11.3 Å². The van der Waals surface area contributed by atoms with Gasteiger partial charge in [0.25, 0.3) is 0 Å². The van der Waals surface area contributed by atoms with Gasteiger partial charge in [0, 0.05) is 65.2 Å². The van der Waals surface area contributed by atoms with Crippen molar-refractivity contribution in [2.45, 2.75) is 38.9 Å². The van der Waals surface area contributed by atoms with Gasteiger partial charge in [0.1, 0.15) is 23.3 Å². The predicted octanol–water partition coefficient (Wildman–Crippen LogP) is 6.51. The second-order valence-electron chi connectivity index (χ2n) is 10.9. The second-order valence-corrected chi connectivity index (χ2v) is 11.4. The van der Waals surface area contributed by atoms with Gasteiger partial charge in [-0.15, -0.1) is 0 Å². The molecule has 2 aliphatic heterocycles. The van der Waals surface area contributed by atoms with E-state index in [1.807, 2.05) is 4.90 Å². The Balaban J connectivity index is 1.26. The summed E-state index contributed by atoms with van der Waals surface area (Å²) in [6, 6.07) is 13.9. The summed E-state index contributed by atoms with van der Waals surface area (Å²) in [4.78, 5) is 15.6. The van der Waals surface area contributed by atoms with Crippen molar-refractivity contribution >= 4 is 34.8 Å². The van der Waals surface area contributed by atoms with Crippen LogP contribution in [0.4, 0.5) is 24.8 Å². The Morgan fingerprint density at radius 1 is 1.00 bits per heavy atom. The minimum absolute atomic E-state index is 0.0882. The number of benzene rings is 3. The number of hydrogen-bond donors (Lipinski definition) is 3. The first kappa shape index (κ1) is 28.8. The third-order valence-corrected chi connectivity index (χ3v) is 7.80. The summed E-state index contributed by atoms with van der Waals surface area (Å²) in [5.74, 6) is -1.32. The third kappa shape index (κ3) is 5.98. The Labute approximate surface area is 252 Å². The molecule has 43 heavy (non-hydrogen) atoms. The van der Waals surface area contributed by atoms with Gasteiger partial charge >= 0.3 is 0 Å². The van der Waals surface area contributed by atoms with Crippen molar-refractivity contribution in [3.05, 3.63) is 106 Å². The van der Waals surface area contributed by atoms with Crippen molar-refractivity contribution in [2.24, 2.45) is 4.99 Å². The number of nitrogens with one attached hydrogen (secondary N) is 3. The van der Waals surface area contributed by atoms with Crippen molar-refractivity contribution in [2.75, 3.05) is 18.4 Å².